The summed E-state index contributed by atoms with van der Waals surface area (Å²) in [5.74, 6) is -1.55. The molecule has 0 bridgehead atoms. The van der Waals surface area contributed by atoms with E-state index < -0.39 is 24.1 Å². The average molecular weight is 473 g/mol. The first kappa shape index (κ1) is 23.3. The third kappa shape index (κ3) is 5.05. The average Bonchev–Trinajstić information content (AvgIpc) is 3.38. The molecule has 178 valence electrons. The molecule has 0 unspecified atom stereocenters. The van der Waals surface area contributed by atoms with Crippen LogP contribution in [-0.4, -0.2) is 46.0 Å². The Kier molecular flexibility index (Phi) is 6.32. The fourth-order valence-electron chi connectivity index (χ4n) is 4.38. The van der Waals surface area contributed by atoms with Crippen molar-refractivity contribution in [1.29, 1.82) is 0 Å². The summed E-state index contributed by atoms with van der Waals surface area (Å²) >= 11 is 0. The van der Waals surface area contributed by atoms with Crippen molar-refractivity contribution in [2.24, 2.45) is 5.73 Å². The van der Waals surface area contributed by atoms with Gasteiger partial charge in [-0.2, -0.15) is 0 Å². The highest BCUT2D eigenvalue weighted by Crippen LogP contribution is 2.26. The molecule has 1 fully saturated rings. The first-order valence-electron chi connectivity index (χ1n) is 10.7. The molecule has 2 N–H and O–H groups in total. The molecule has 0 spiro atoms. The van der Waals surface area contributed by atoms with E-state index in [0.29, 0.717) is 41.4 Å². The number of fused-ring (bicyclic) bond motifs is 1. The zero-order valence-corrected chi connectivity index (χ0v) is 18.0. The number of hydrogen-bond donors (Lipinski definition) is 1. The monoisotopic (exact) mass is 473 g/mol. The van der Waals surface area contributed by atoms with Gasteiger partial charge in [-0.05, 0) is 36.6 Å². The van der Waals surface area contributed by atoms with Crippen LogP contribution in [0.2, 0.25) is 0 Å². The van der Waals surface area contributed by atoms with Crippen LogP contribution in [0.1, 0.15) is 28.8 Å². The second-order valence-corrected chi connectivity index (χ2v) is 8.14. The molecule has 1 aromatic heterocycles. The number of para-hydroxylation sites is 1. The number of likely N-dealkylation sites (tertiary alicyclic amines) is 1. The molecule has 1 saturated heterocycles. The van der Waals surface area contributed by atoms with Crippen LogP contribution in [-0.2, 0) is 22.6 Å². The van der Waals surface area contributed by atoms with E-state index in [1.54, 1.807) is 34.9 Å². The Morgan fingerprint density at radius 3 is 2.59 bits per heavy atom. The molecule has 7 nitrogen and oxygen atoms in total. The lowest BCUT2D eigenvalue weighted by Gasteiger charge is -2.24. The van der Waals surface area contributed by atoms with Crippen molar-refractivity contribution in [2.75, 3.05) is 6.54 Å². The topological polar surface area (TPSA) is 94.6 Å². The van der Waals surface area contributed by atoms with Gasteiger partial charge in [0, 0.05) is 30.1 Å². The van der Waals surface area contributed by atoms with Crippen LogP contribution in [0.4, 0.5) is 13.2 Å². The van der Waals surface area contributed by atoms with Crippen molar-refractivity contribution >= 4 is 28.5 Å². The Morgan fingerprint density at radius 2 is 1.85 bits per heavy atom. The third-order valence-corrected chi connectivity index (χ3v) is 5.81. The number of ketones is 1. The number of rotatable bonds is 7. The van der Waals surface area contributed by atoms with Crippen molar-refractivity contribution < 1.29 is 32.3 Å². The van der Waals surface area contributed by atoms with Crippen molar-refractivity contribution in [1.82, 2.24) is 9.47 Å². The molecule has 0 aliphatic carbocycles. The van der Waals surface area contributed by atoms with E-state index in [9.17, 15) is 27.6 Å². The zero-order valence-electron chi connectivity index (χ0n) is 18.0. The van der Waals surface area contributed by atoms with Gasteiger partial charge in [0.2, 0.25) is 5.91 Å². The first-order chi connectivity index (χ1) is 16.1. The smallest absolute Gasteiger partial charge is 0.406 e. The molecule has 2 heterocycles. The standard InChI is InChI=1S/C24H22F3N3O4/c25-24(26,27)34-16-6-3-5-15(11-16)12-21(31)20-9-4-10-30(20)22(32)14-29-13-18(23(28)33)17-7-1-2-8-19(17)29/h1-3,5-8,11,13,20H,4,9-10,12,14H2,(H2,28,33)/t20-/m0/s1. The summed E-state index contributed by atoms with van der Waals surface area (Å²) in [4.78, 5) is 39.3. The van der Waals surface area contributed by atoms with Gasteiger partial charge in [0.15, 0.2) is 5.78 Å². The van der Waals surface area contributed by atoms with Gasteiger partial charge < -0.3 is 19.9 Å². The largest absolute Gasteiger partial charge is 0.573 e. The van der Waals surface area contributed by atoms with E-state index >= 15 is 0 Å². The van der Waals surface area contributed by atoms with E-state index in [4.69, 9.17) is 5.73 Å². The highest BCUT2D eigenvalue weighted by molar-refractivity contribution is 6.06. The van der Waals surface area contributed by atoms with E-state index in [1.165, 1.54) is 23.2 Å². The molecule has 1 aliphatic heterocycles. The third-order valence-electron chi connectivity index (χ3n) is 5.81. The second kappa shape index (κ2) is 9.20. The molecule has 4 rings (SSSR count). The minimum atomic E-state index is -4.83. The summed E-state index contributed by atoms with van der Waals surface area (Å²) in [6, 6.07) is 11.7. The Hall–Kier alpha value is -3.82. The van der Waals surface area contributed by atoms with Crippen LogP contribution < -0.4 is 10.5 Å². The number of nitrogens with two attached hydrogens (primary N) is 1. The maximum Gasteiger partial charge on any atom is 0.573 e. The number of amides is 2. The molecular weight excluding hydrogens is 451 g/mol. The van der Waals surface area contributed by atoms with Crippen LogP contribution in [0.25, 0.3) is 10.9 Å². The molecule has 10 heteroatoms. The van der Waals surface area contributed by atoms with Crippen LogP contribution in [0, 0.1) is 0 Å². The number of Topliss-reactive ketones (excluding diaryl/α,β-unsaturated/α-hetero) is 1. The summed E-state index contributed by atoms with van der Waals surface area (Å²) in [5, 5.41) is 0.637. The molecule has 0 radical (unpaired) electrons. The van der Waals surface area contributed by atoms with Crippen LogP contribution in [0.5, 0.6) is 5.75 Å². The molecule has 34 heavy (non-hydrogen) atoms. The molecule has 2 amide bonds. The van der Waals surface area contributed by atoms with Gasteiger partial charge in [-0.3, -0.25) is 14.4 Å². The number of carbonyl (C=O) groups excluding carboxylic acids is 3. The van der Waals surface area contributed by atoms with Gasteiger partial charge in [0.25, 0.3) is 5.91 Å². The summed E-state index contributed by atoms with van der Waals surface area (Å²) < 4.78 is 43.0. The van der Waals surface area contributed by atoms with Crippen LogP contribution >= 0.6 is 0 Å². The number of ether oxygens (including phenoxy) is 1. The van der Waals surface area contributed by atoms with E-state index in [0.717, 1.165) is 6.07 Å². The summed E-state index contributed by atoms with van der Waals surface area (Å²) in [7, 11) is 0. The molecule has 1 aliphatic rings. The molecule has 2 aromatic carbocycles. The van der Waals surface area contributed by atoms with Gasteiger partial charge in [-0.1, -0.05) is 30.3 Å². The van der Waals surface area contributed by atoms with Crippen molar-refractivity contribution in [3.05, 3.63) is 65.9 Å². The first-order valence-corrected chi connectivity index (χ1v) is 10.7. The molecule has 1 atom stereocenters. The van der Waals surface area contributed by atoms with Gasteiger partial charge in [0.1, 0.15) is 12.3 Å². The van der Waals surface area contributed by atoms with E-state index in [1.807, 2.05) is 0 Å². The zero-order chi connectivity index (χ0) is 24.5. The van der Waals surface area contributed by atoms with Gasteiger partial charge in [-0.25, -0.2) is 0 Å². The highest BCUT2D eigenvalue weighted by Gasteiger charge is 2.34. The summed E-state index contributed by atoms with van der Waals surface area (Å²) in [6.07, 6.45) is -2.30. The fourth-order valence-corrected chi connectivity index (χ4v) is 4.38. The Balaban J connectivity index is 1.48. The number of hydrogen-bond acceptors (Lipinski definition) is 4. The lowest BCUT2D eigenvalue weighted by Crippen LogP contribution is -2.42. The number of benzene rings is 2. The van der Waals surface area contributed by atoms with Crippen molar-refractivity contribution in [3.63, 3.8) is 0 Å². The predicted molar refractivity (Wildman–Crippen MR) is 117 cm³/mol. The Labute approximate surface area is 192 Å². The van der Waals surface area contributed by atoms with Crippen LogP contribution in [0.15, 0.2) is 54.7 Å². The molecule has 3 aromatic rings. The number of primary amides is 1. The number of nitrogens with zero attached hydrogens (tertiary/aromatic N) is 2. The predicted octanol–water partition coefficient (Wildman–Crippen LogP) is 3.44. The van der Waals surface area contributed by atoms with E-state index in [-0.39, 0.29) is 24.7 Å². The maximum absolute atomic E-state index is 13.1. The number of alkyl halides is 3. The highest BCUT2D eigenvalue weighted by atomic mass is 19.4. The summed E-state index contributed by atoms with van der Waals surface area (Å²) in [6.45, 7) is 0.320. The lowest BCUT2D eigenvalue weighted by atomic mass is 10.0. The SMILES string of the molecule is NC(=O)c1cn(CC(=O)N2CCC[C@H]2C(=O)Cc2cccc(OC(F)(F)F)c2)c2ccccc12. The Bertz CT molecular complexity index is 1250. The number of aromatic nitrogens is 1. The van der Waals surface area contributed by atoms with Crippen LogP contribution in [0.3, 0.4) is 0 Å². The quantitative estimate of drug-likeness (QED) is 0.569. The molecule has 0 saturated carbocycles. The van der Waals surface area contributed by atoms with Crippen molar-refractivity contribution in [3.8, 4) is 5.75 Å². The minimum absolute atomic E-state index is 0.0769. The van der Waals surface area contributed by atoms with E-state index in [2.05, 4.69) is 4.74 Å². The minimum Gasteiger partial charge on any atom is -0.406 e. The summed E-state index contributed by atoms with van der Waals surface area (Å²) in [5.41, 5.74) is 6.81. The molecular formula is C24H22F3N3O4. The van der Waals surface area contributed by atoms with Crippen molar-refractivity contribution in [2.45, 2.75) is 38.2 Å². The number of carbonyl (C=O) groups is 3. The van der Waals surface area contributed by atoms with Gasteiger partial charge in [0.05, 0.1) is 11.6 Å². The fraction of sp³-hybridized carbons (Fsp3) is 0.292. The lowest BCUT2D eigenvalue weighted by molar-refractivity contribution is -0.274. The van der Waals surface area contributed by atoms with Gasteiger partial charge >= 0.3 is 6.36 Å². The normalized spacial score (nSPS) is 16.1. The maximum atomic E-state index is 13.1. The second-order valence-electron chi connectivity index (χ2n) is 8.14. The Morgan fingerprint density at radius 1 is 1.09 bits per heavy atom. The van der Waals surface area contributed by atoms with Gasteiger partial charge in [-0.15, -0.1) is 13.2 Å². The number of halogens is 3.